The van der Waals surface area contributed by atoms with Crippen molar-refractivity contribution in [1.29, 1.82) is 0 Å². The first kappa shape index (κ1) is 31.6. The number of aromatic nitrogens is 2. The molecular formula is C35H41IrN2O2-. The Hall–Kier alpha value is -2.88. The van der Waals surface area contributed by atoms with Crippen LogP contribution in [0.5, 0.6) is 0 Å². The molecule has 0 amide bonds. The molecule has 213 valence electrons. The minimum Gasteiger partial charge on any atom is -0.512 e. The van der Waals surface area contributed by atoms with Crippen molar-refractivity contribution in [3.8, 4) is 11.3 Å². The maximum Gasteiger partial charge on any atom is 0.162 e. The summed E-state index contributed by atoms with van der Waals surface area (Å²) in [6.07, 6.45) is 8.85. The van der Waals surface area contributed by atoms with Crippen molar-refractivity contribution in [2.75, 3.05) is 0 Å². The second kappa shape index (κ2) is 13.2. The molecule has 4 aromatic rings. The molecule has 2 aromatic heterocycles. The number of ketones is 1. The maximum atomic E-state index is 11.7. The fraction of sp³-hybridized carbons (Fsp3) is 0.400. The normalized spacial score (nSPS) is 13.6. The number of hydrogen-bond acceptors (Lipinski definition) is 4. The van der Waals surface area contributed by atoms with Crippen molar-refractivity contribution in [3.05, 3.63) is 83.4 Å². The summed E-state index contributed by atoms with van der Waals surface area (Å²) in [7, 11) is 0. The molecule has 2 heterocycles. The Labute approximate surface area is 252 Å². The average Bonchev–Trinajstić information content (AvgIpc) is 2.93. The summed E-state index contributed by atoms with van der Waals surface area (Å²) >= 11 is 0. The van der Waals surface area contributed by atoms with Crippen LogP contribution in [0, 0.1) is 24.8 Å². The van der Waals surface area contributed by atoms with Crippen LogP contribution < -0.4 is 0 Å². The van der Waals surface area contributed by atoms with E-state index in [0.717, 1.165) is 47.8 Å². The average molecular weight is 714 g/mol. The Kier molecular flexibility index (Phi) is 10.4. The minimum atomic E-state index is -0.134. The Balaban J connectivity index is 0.000000243. The summed E-state index contributed by atoms with van der Waals surface area (Å²) in [6, 6.07) is 15.9. The smallest absolute Gasteiger partial charge is 0.162 e. The van der Waals surface area contributed by atoms with Gasteiger partial charge in [-0.25, -0.2) is 0 Å². The van der Waals surface area contributed by atoms with Gasteiger partial charge in [-0.3, -0.25) is 14.8 Å². The van der Waals surface area contributed by atoms with Crippen LogP contribution in [0.4, 0.5) is 0 Å². The van der Waals surface area contributed by atoms with E-state index in [0.29, 0.717) is 0 Å². The zero-order valence-electron chi connectivity index (χ0n) is 24.8. The summed E-state index contributed by atoms with van der Waals surface area (Å²) in [4.78, 5) is 21.2. The van der Waals surface area contributed by atoms with E-state index in [1.165, 1.54) is 33.5 Å². The van der Waals surface area contributed by atoms with Gasteiger partial charge in [0, 0.05) is 61.2 Å². The Morgan fingerprint density at radius 3 is 2.30 bits per heavy atom. The molecule has 5 rings (SSSR count). The zero-order valence-corrected chi connectivity index (χ0v) is 27.2. The van der Waals surface area contributed by atoms with Gasteiger partial charge in [0.2, 0.25) is 0 Å². The van der Waals surface area contributed by atoms with Crippen LogP contribution in [-0.2, 0) is 30.3 Å². The topological polar surface area (TPSA) is 63.1 Å². The van der Waals surface area contributed by atoms with E-state index in [9.17, 15) is 9.90 Å². The number of aliphatic hydroxyl groups excluding tert-OH is 1. The standard InChI is InChI=1S/C22H17N2.C13H24O2.Ir/c1-13-15-8-4-5-10-18(15)24-21-16-9-6-7-14-11-23-12-17(19(14)16)22(2,3)20(13)21;1-5-10(6-2)12(14)9-13(15)11(7-3)8-4;/h4-8,10-12H,1-3H3;9-11,14H,5-8H2,1-4H3;/q-1;;/b;12-9-;. The van der Waals surface area contributed by atoms with Crippen molar-refractivity contribution in [3.63, 3.8) is 0 Å². The molecule has 1 aliphatic carbocycles. The van der Waals surface area contributed by atoms with Crippen molar-refractivity contribution in [2.45, 2.75) is 79.6 Å². The SMILES string of the molecule is CCC(CC)C(=O)/C=C(\O)C(CC)CC.Cc1c2c(nc3ccccc13)-c1[c-]ccc3cncc(c13)C2(C)C.[Ir]. The molecule has 4 nitrogen and oxygen atoms in total. The Morgan fingerprint density at radius 1 is 1.00 bits per heavy atom. The molecular weight excluding hydrogens is 673 g/mol. The van der Waals surface area contributed by atoms with Gasteiger partial charge in [-0.05, 0) is 49.9 Å². The van der Waals surface area contributed by atoms with Gasteiger partial charge in [0.05, 0.1) is 11.3 Å². The quantitative estimate of drug-likeness (QED) is 0.118. The third-order valence-corrected chi connectivity index (χ3v) is 8.49. The predicted octanol–water partition coefficient (Wildman–Crippen LogP) is 9.07. The third-order valence-electron chi connectivity index (χ3n) is 8.49. The molecule has 1 aliphatic rings. The van der Waals surface area contributed by atoms with Crippen LogP contribution >= 0.6 is 0 Å². The summed E-state index contributed by atoms with van der Waals surface area (Å²) in [5.41, 5.74) is 6.96. The Morgan fingerprint density at radius 2 is 1.65 bits per heavy atom. The first-order valence-corrected chi connectivity index (χ1v) is 14.3. The molecule has 0 aliphatic heterocycles. The molecule has 5 heteroatoms. The van der Waals surface area contributed by atoms with Crippen LogP contribution in [0.2, 0.25) is 0 Å². The molecule has 1 N–H and O–H groups in total. The molecule has 0 bridgehead atoms. The maximum absolute atomic E-state index is 11.7. The number of pyridine rings is 2. The first-order valence-electron chi connectivity index (χ1n) is 14.3. The summed E-state index contributed by atoms with van der Waals surface area (Å²) in [6.45, 7) is 14.8. The second-order valence-corrected chi connectivity index (χ2v) is 11.1. The zero-order chi connectivity index (χ0) is 28.3. The van der Waals surface area contributed by atoms with Gasteiger partial charge in [-0.1, -0.05) is 81.6 Å². The number of rotatable bonds is 7. The van der Waals surface area contributed by atoms with Crippen molar-refractivity contribution >= 4 is 27.5 Å². The number of nitrogens with zero attached hydrogens (tertiary/aromatic N) is 2. The largest absolute Gasteiger partial charge is 0.512 e. The number of aryl methyl sites for hydroxylation is 1. The van der Waals surface area contributed by atoms with Gasteiger partial charge in [0.1, 0.15) is 0 Å². The first-order chi connectivity index (χ1) is 18.7. The van der Waals surface area contributed by atoms with Gasteiger partial charge in [0.15, 0.2) is 5.78 Å². The van der Waals surface area contributed by atoms with Crippen LogP contribution in [0.15, 0.2) is 60.6 Å². The number of para-hydroxylation sites is 1. The van der Waals surface area contributed by atoms with Crippen LogP contribution in [0.1, 0.15) is 83.9 Å². The fourth-order valence-electron chi connectivity index (χ4n) is 6.07. The van der Waals surface area contributed by atoms with Gasteiger partial charge < -0.3 is 5.11 Å². The number of hydrogen-bond donors (Lipinski definition) is 1. The van der Waals surface area contributed by atoms with E-state index in [-0.39, 0.29) is 48.9 Å². The molecule has 0 atom stereocenters. The summed E-state index contributed by atoms with van der Waals surface area (Å²) < 4.78 is 0. The van der Waals surface area contributed by atoms with E-state index in [1.807, 2.05) is 46.2 Å². The van der Waals surface area contributed by atoms with Crippen LogP contribution in [-0.4, -0.2) is 20.9 Å². The number of carbonyl (C=O) groups is 1. The third kappa shape index (κ3) is 5.78. The molecule has 1 radical (unpaired) electrons. The predicted molar refractivity (Wildman–Crippen MR) is 162 cm³/mol. The van der Waals surface area contributed by atoms with Crippen LogP contribution in [0.25, 0.3) is 32.9 Å². The van der Waals surface area contributed by atoms with Crippen molar-refractivity contribution in [2.24, 2.45) is 11.8 Å². The molecule has 0 saturated heterocycles. The fourth-order valence-corrected chi connectivity index (χ4v) is 6.07. The number of aliphatic hydroxyl groups is 1. The van der Waals surface area contributed by atoms with E-state index < -0.39 is 0 Å². The Bertz CT molecular complexity index is 1530. The van der Waals surface area contributed by atoms with Crippen molar-refractivity contribution in [1.82, 2.24) is 9.97 Å². The van der Waals surface area contributed by atoms with Gasteiger partial charge in [-0.2, -0.15) is 0 Å². The summed E-state index contributed by atoms with van der Waals surface area (Å²) in [5.74, 6) is 0.547. The molecule has 0 spiro atoms. The number of carbonyl (C=O) groups excluding carboxylic acids is 1. The number of benzene rings is 2. The molecule has 2 aromatic carbocycles. The monoisotopic (exact) mass is 714 g/mol. The molecule has 40 heavy (non-hydrogen) atoms. The van der Waals surface area contributed by atoms with E-state index in [2.05, 4.69) is 62.2 Å². The minimum absolute atomic E-state index is 0. The number of fused-ring (bicyclic) bond motifs is 3. The summed E-state index contributed by atoms with van der Waals surface area (Å²) in [5, 5.41) is 13.4. The molecule has 0 fully saturated rings. The molecule has 0 unspecified atom stereocenters. The van der Waals surface area contributed by atoms with E-state index >= 15 is 0 Å². The van der Waals surface area contributed by atoms with E-state index in [1.54, 1.807) is 0 Å². The van der Waals surface area contributed by atoms with E-state index in [4.69, 9.17) is 4.98 Å². The van der Waals surface area contributed by atoms with Gasteiger partial charge >= 0.3 is 0 Å². The van der Waals surface area contributed by atoms with Gasteiger partial charge in [0.25, 0.3) is 0 Å². The van der Waals surface area contributed by atoms with Gasteiger partial charge in [-0.15, -0.1) is 23.8 Å². The van der Waals surface area contributed by atoms with Crippen LogP contribution in [0.3, 0.4) is 0 Å². The second-order valence-electron chi connectivity index (χ2n) is 11.1. The molecule has 0 saturated carbocycles. The van der Waals surface area contributed by atoms with Crippen molar-refractivity contribution < 1.29 is 30.0 Å². The number of allylic oxidation sites excluding steroid dienone is 2.